The van der Waals surface area contributed by atoms with E-state index in [1.807, 2.05) is 5.32 Å². The maximum Gasteiger partial charge on any atom is 0.326 e. The molecule has 0 spiro atoms. The molecular formula is C30H37F2N7O6. The van der Waals surface area contributed by atoms with Gasteiger partial charge in [0.15, 0.2) is 0 Å². The van der Waals surface area contributed by atoms with Crippen molar-refractivity contribution in [3.63, 3.8) is 0 Å². The second kappa shape index (κ2) is 15.3. The van der Waals surface area contributed by atoms with E-state index < -0.39 is 41.0 Å². The van der Waals surface area contributed by atoms with Crippen LogP contribution in [-0.4, -0.2) is 68.7 Å². The maximum absolute atomic E-state index is 14.6. The number of carboxylic acids is 1. The number of hydrogen-bond acceptors (Lipinski definition) is 10. The molecule has 1 atom stereocenters. The Morgan fingerprint density at radius 2 is 1.82 bits per heavy atom. The summed E-state index contributed by atoms with van der Waals surface area (Å²) in [4.78, 5) is 50.2. The first-order chi connectivity index (χ1) is 21.5. The van der Waals surface area contributed by atoms with Crippen LogP contribution in [0.3, 0.4) is 0 Å². The lowest BCUT2D eigenvalue weighted by atomic mass is 9.92. The summed E-state index contributed by atoms with van der Waals surface area (Å²) < 4.78 is 40.1. The average Bonchev–Trinajstić information content (AvgIpc) is 3.45. The minimum absolute atomic E-state index is 0.0857. The van der Waals surface area contributed by atoms with Gasteiger partial charge < -0.3 is 30.3 Å². The molecule has 0 bridgehead atoms. The van der Waals surface area contributed by atoms with E-state index in [0.717, 1.165) is 44.5 Å². The molecule has 2 aromatic heterocycles. The smallest absolute Gasteiger partial charge is 0.326 e. The number of aromatic nitrogens is 4. The predicted octanol–water partition coefficient (Wildman–Crippen LogP) is 3.53. The number of carbonyl (C=O) groups excluding carboxylic acids is 2. The fraction of sp³-hybridized carbons (Fsp3) is 0.500. The lowest BCUT2D eigenvalue weighted by Gasteiger charge is -2.32. The number of nitrogens with two attached hydrogens (primary N) is 1. The Morgan fingerprint density at radius 1 is 1.16 bits per heavy atom. The summed E-state index contributed by atoms with van der Waals surface area (Å²) in [5, 5.41) is 15.3. The molecule has 1 fully saturated rings. The number of ether oxygens (including phenoxy) is 1. The molecule has 0 radical (unpaired) electrons. The highest BCUT2D eigenvalue weighted by Gasteiger charge is 2.26. The highest BCUT2D eigenvalue weighted by atomic mass is 19.1. The van der Waals surface area contributed by atoms with Gasteiger partial charge in [-0.15, -0.1) is 0 Å². The van der Waals surface area contributed by atoms with Crippen molar-refractivity contribution in [2.24, 2.45) is 17.6 Å². The number of amides is 2. The molecule has 15 heteroatoms. The molecule has 3 heterocycles. The minimum atomic E-state index is -1.54. The maximum atomic E-state index is 14.6. The number of piperidine rings is 1. The van der Waals surface area contributed by atoms with Crippen LogP contribution < -0.4 is 20.7 Å². The monoisotopic (exact) mass is 629 g/mol. The van der Waals surface area contributed by atoms with Crippen LogP contribution in [0.1, 0.15) is 68.6 Å². The number of aliphatic carboxylic acids is 1. The third kappa shape index (κ3) is 9.40. The quantitative estimate of drug-likeness (QED) is 0.209. The Hall–Kier alpha value is -4.69. The van der Waals surface area contributed by atoms with Gasteiger partial charge in [-0.1, -0.05) is 19.0 Å². The van der Waals surface area contributed by atoms with Gasteiger partial charge in [0.25, 0.3) is 5.91 Å². The van der Waals surface area contributed by atoms with Gasteiger partial charge in [-0.2, -0.15) is 4.98 Å². The molecule has 2 amide bonds. The lowest BCUT2D eigenvalue weighted by molar-refractivity contribution is -0.139. The van der Waals surface area contributed by atoms with E-state index in [1.165, 1.54) is 0 Å². The van der Waals surface area contributed by atoms with Crippen LogP contribution in [0, 0.1) is 23.5 Å². The van der Waals surface area contributed by atoms with E-state index in [1.54, 1.807) is 12.4 Å². The molecule has 13 nitrogen and oxygen atoms in total. The van der Waals surface area contributed by atoms with E-state index in [-0.39, 0.29) is 25.2 Å². The van der Waals surface area contributed by atoms with Crippen molar-refractivity contribution in [1.82, 2.24) is 25.4 Å². The lowest BCUT2D eigenvalue weighted by Crippen LogP contribution is -2.42. The zero-order chi connectivity index (χ0) is 32.5. The molecule has 4 rings (SSSR count). The van der Waals surface area contributed by atoms with E-state index in [4.69, 9.17) is 15.0 Å². The molecule has 3 aromatic rings. The van der Waals surface area contributed by atoms with Crippen LogP contribution in [0.5, 0.6) is 5.75 Å². The summed E-state index contributed by atoms with van der Waals surface area (Å²) in [6, 6.07) is 0.222. The Balaban J connectivity index is 1.20. The number of carbonyl (C=O) groups is 3. The van der Waals surface area contributed by atoms with E-state index in [0.29, 0.717) is 47.9 Å². The first-order valence-electron chi connectivity index (χ1n) is 14.8. The molecule has 1 aliphatic heterocycles. The SMILES string of the molecule is CC(C)Cc1nc(-c2cnc(N3CCC(CCCOc4cc(F)c(C(=O)N[C@@H](CCC(N)=O)C(=O)O)c(F)c4)CC3)nc2)no1. The topological polar surface area (TPSA) is 187 Å². The van der Waals surface area contributed by atoms with Crippen molar-refractivity contribution < 1.29 is 37.5 Å². The zero-order valence-electron chi connectivity index (χ0n) is 25.2. The highest BCUT2D eigenvalue weighted by Crippen LogP contribution is 2.26. The van der Waals surface area contributed by atoms with Crippen LogP contribution in [0.2, 0.25) is 0 Å². The van der Waals surface area contributed by atoms with E-state index in [9.17, 15) is 28.3 Å². The fourth-order valence-electron chi connectivity index (χ4n) is 5.01. The number of primary amides is 1. The number of halogens is 2. The van der Waals surface area contributed by atoms with E-state index in [2.05, 4.69) is 38.9 Å². The third-order valence-corrected chi connectivity index (χ3v) is 7.40. The molecule has 45 heavy (non-hydrogen) atoms. The molecule has 0 unspecified atom stereocenters. The van der Waals surface area contributed by atoms with Gasteiger partial charge in [0, 0.05) is 50.5 Å². The molecular weight excluding hydrogens is 592 g/mol. The predicted molar refractivity (Wildman–Crippen MR) is 157 cm³/mol. The summed E-state index contributed by atoms with van der Waals surface area (Å²) in [5.74, 6) is -3.43. The number of benzene rings is 1. The van der Waals surface area contributed by atoms with Crippen LogP contribution in [0.15, 0.2) is 29.0 Å². The van der Waals surface area contributed by atoms with Gasteiger partial charge in [0.1, 0.15) is 29.0 Å². The Labute approximate surface area is 258 Å². The third-order valence-electron chi connectivity index (χ3n) is 7.40. The Bertz CT molecular complexity index is 1450. The molecule has 0 aliphatic carbocycles. The number of nitrogens with one attached hydrogen (secondary N) is 1. The van der Waals surface area contributed by atoms with Gasteiger partial charge >= 0.3 is 5.97 Å². The molecule has 4 N–H and O–H groups in total. The van der Waals surface area contributed by atoms with Crippen LogP contribution in [-0.2, 0) is 16.0 Å². The standard InChI is InChI=1S/C30H37F2N7O6/c1-17(2)12-25-37-27(38-45-25)19-15-34-30(35-16-19)39-9-7-18(8-10-39)4-3-11-44-20-13-21(31)26(22(32)14-20)28(41)36-23(29(42)43)5-6-24(33)40/h13-18,23H,3-12H2,1-2H3,(H2,33,40)(H,36,41)(H,42,43)/t23-/m0/s1. The highest BCUT2D eigenvalue weighted by molar-refractivity contribution is 5.97. The number of anilines is 1. The summed E-state index contributed by atoms with van der Waals surface area (Å²) in [6.45, 7) is 5.96. The largest absolute Gasteiger partial charge is 0.493 e. The second-order valence-corrected chi connectivity index (χ2v) is 11.4. The molecule has 1 aliphatic rings. The van der Waals surface area contributed by atoms with Gasteiger partial charge in [-0.25, -0.2) is 23.5 Å². The number of rotatable bonds is 15. The van der Waals surface area contributed by atoms with Crippen molar-refractivity contribution in [2.45, 2.75) is 64.8 Å². The Kier molecular flexibility index (Phi) is 11.3. The first kappa shape index (κ1) is 33.2. The number of carboxylic acid groups (broad SMARTS) is 1. The normalized spacial score (nSPS) is 14.4. The van der Waals surface area contributed by atoms with Gasteiger partial charge in [0.2, 0.25) is 23.6 Å². The van der Waals surface area contributed by atoms with Crippen molar-refractivity contribution >= 4 is 23.7 Å². The van der Waals surface area contributed by atoms with Crippen LogP contribution in [0.25, 0.3) is 11.4 Å². The molecule has 1 aromatic carbocycles. The number of nitrogens with zero attached hydrogens (tertiary/aromatic N) is 5. The van der Waals surface area contributed by atoms with E-state index >= 15 is 0 Å². The zero-order valence-corrected chi connectivity index (χ0v) is 25.2. The second-order valence-electron chi connectivity index (χ2n) is 11.4. The summed E-state index contributed by atoms with van der Waals surface area (Å²) in [7, 11) is 0. The van der Waals surface area contributed by atoms with Gasteiger partial charge in [-0.3, -0.25) is 9.59 Å². The molecule has 1 saturated heterocycles. The summed E-state index contributed by atoms with van der Waals surface area (Å²) >= 11 is 0. The molecule has 0 saturated carbocycles. The van der Waals surface area contributed by atoms with Crippen LogP contribution in [0.4, 0.5) is 14.7 Å². The Morgan fingerprint density at radius 3 is 2.42 bits per heavy atom. The first-order valence-corrected chi connectivity index (χ1v) is 14.8. The minimum Gasteiger partial charge on any atom is -0.493 e. The van der Waals surface area contributed by atoms with Crippen molar-refractivity contribution in [2.75, 3.05) is 24.6 Å². The van der Waals surface area contributed by atoms with Crippen molar-refractivity contribution in [3.8, 4) is 17.1 Å². The molecule has 242 valence electrons. The summed E-state index contributed by atoms with van der Waals surface area (Å²) in [6.07, 6.45) is 6.83. The van der Waals surface area contributed by atoms with Gasteiger partial charge in [0.05, 0.1) is 12.2 Å². The van der Waals surface area contributed by atoms with Crippen LogP contribution >= 0.6 is 0 Å². The average molecular weight is 630 g/mol. The fourth-order valence-corrected chi connectivity index (χ4v) is 5.01. The number of hydrogen-bond donors (Lipinski definition) is 3. The summed E-state index contributed by atoms with van der Waals surface area (Å²) in [5.41, 5.74) is 4.75. The van der Waals surface area contributed by atoms with Crippen molar-refractivity contribution in [3.05, 3.63) is 47.6 Å². The van der Waals surface area contributed by atoms with Crippen molar-refractivity contribution in [1.29, 1.82) is 0 Å². The van der Waals surface area contributed by atoms with Gasteiger partial charge in [-0.05, 0) is 43.9 Å².